The number of aromatic hydroxyl groups is 1. The number of nitrogens with one attached hydrogen (secondary N) is 1. The molecule has 2 aromatic rings. The summed E-state index contributed by atoms with van der Waals surface area (Å²) in [6.07, 6.45) is 7.97. The molecule has 0 amide bonds. The van der Waals surface area contributed by atoms with Gasteiger partial charge in [-0.2, -0.15) is 0 Å². The predicted molar refractivity (Wildman–Crippen MR) is 160 cm³/mol. The molecule has 6 heteroatoms. The molecule has 0 bridgehead atoms. The van der Waals surface area contributed by atoms with Crippen LogP contribution in [-0.2, 0) is 9.84 Å². The number of hydrogen-bond donors (Lipinski definition) is 2. The summed E-state index contributed by atoms with van der Waals surface area (Å²) in [5.74, 6) is 1.88. The highest BCUT2D eigenvalue weighted by Gasteiger charge is 2.31. The maximum atomic E-state index is 13.8. The molecule has 1 fully saturated rings. The molecule has 3 unspecified atom stereocenters. The van der Waals surface area contributed by atoms with Gasteiger partial charge in [0.15, 0.2) is 0 Å². The Morgan fingerprint density at radius 3 is 1.78 bits per heavy atom. The summed E-state index contributed by atoms with van der Waals surface area (Å²) < 4.78 is 34.3. The van der Waals surface area contributed by atoms with E-state index >= 15 is 0 Å². The van der Waals surface area contributed by atoms with Crippen LogP contribution in [0.25, 0.3) is 0 Å². The van der Waals surface area contributed by atoms with E-state index in [1.165, 1.54) is 31.6 Å². The standard InChI is InChI=1S/C17H25FO.C6H6.C4H10O2S.C2H7N.C2H6/c1-4-12-6-7-13(5-2)16(8-12)15-9-14(19)10-17(18)11(15)3;1-2-4-6-5-3-1;1-3-4-7(2,5)6;1-3-2;1-2/h9-10,12-13,16,19H,4-8H2,1-3H3;1-6H;3-4H2,1-2H3;3H,1-2H3;1-2H3. The van der Waals surface area contributed by atoms with E-state index < -0.39 is 9.84 Å². The van der Waals surface area contributed by atoms with Crippen molar-refractivity contribution in [1.82, 2.24) is 5.32 Å². The van der Waals surface area contributed by atoms with Gasteiger partial charge in [-0.25, -0.2) is 12.8 Å². The van der Waals surface area contributed by atoms with Crippen LogP contribution < -0.4 is 5.32 Å². The molecule has 0 radical (unpaired) electrons. The van der Waals surface area contributed by atoms with Crippen molar-refractivity contribution in [3.8, 4) is 5.75 Å². The largest absolute Gasteiger partial charge is 0.508 e. The number of halogens is 1. The Bertz CT molecular complexity index is 877. The number of benzene rings is 2. The summed E-state index contributed by atoms with van der Waals surface area (Å²) in [5, 5.41) is 12.4. The highest BCUT2D eigenvalue weighted by atomic mass is 32.2. The van der Waals surface area contributed by atoms with Crippen LogP contribution in [0, 0.1) is 24.6 Å². The quantitative estimate of drug-likeness (QED) is 0.402. The Balaban J connectivity index is 0. The number of phenolic OH excluding ortho intramolecular Hbond substituents is 1. The van der Waals surface area contributed by atoms with Crippen molar-refractivity contribution in [2.45, 2.75) is 86.0 Å². The molecule has 214 valence electrons. The number of rotatable bonds is 5. The molecule has 4 nitrogen and oxygen atoms in total. The topological polar surface area (TPSA) is 66.4 Å². The van der Waals surface area contributed by atoms with Gasteiger partial charge >= 0.3 is 0 Å². The van der Waals surface area contributed by atoms with Gasteiger partial charge in [0.1, 0.15) is 21.4 Å². The van der Waals surface area contributed by atoms with Gasteiger partial charge in [0.05, 0.1) is 0 Å². The minimum Gasteiger partial charge on any atom is -0.508 e. The second kappa shape index (κ2) is 22.1. The van der Waals surface area contributed by atoms with Gasteiger partial charge in [0.25, 0.3) is 0 Å². The Labute approximate surface area is 228 Å². The molecule has 2 aromatic carbocycles. The van der Waals surface area contributed by atoms with E-state index in [1.807, 2.05) is 78.2 Å². The lowest BCUT2D eigenvalue weighted by atomic mass is 9.69. The van der Waals surface area contributed by atoms with Gasteiger partial charge in [0, 0.05) is 18.1 Å². The van der Waals surface area contributed by atoms with E-state index in [-0.39, 0.29) is 11.6 Å². The summed E-state index contributed by atoms with van der Waals surface area (Å²) in [5.41, 5.74) is 1.75. The van der Waals surface area contributed by atoms with Crippen molar-refractivity contribution in [2.24, 2.45) is 11.8 Å². The lowest BCUT2D eigenvalue weighted by molar-refractivity contribution is 0.225. The molecule has 0 aromatic heterocycles. The molecular weight excluding hydrogens is 485 g/mol. The molecule has 37 heavy (non-hydrogen) atoms. The normalized spacial score (nSPS) is 18.3. The Morgan fingerprint density at radius 2 is 1.43 bits per heavy atom. The lowest BCUT2D eigenvalue weighted by Crippen LogP contribution is -2.23. The zero-order valence-corrected chi connectivity index (χ0v) is 25.7. The SMILES string of the molecule is CC.CCC1CCC(CC)C(c2cc(O)cc(F)c2C)C1.CCCS(C)(=O)=O.CNC.c1ccccc1. The summed E-state index contributed by atoms with van der Waals surface area (Å²) in [6.45, 7) is 12.1. The summed E-state index contributed by atoms with van der Waals surface area (Å²) in [6, 6.07) is 15.0. The van der Waals surface area contributed by atoms with Crippen LogP contribution in [0.15, 0.2) is 48.5 Å². The zero-order chi connectivity index (χ0) is 28.9. The molecule has 1 aliphatic rings. The van der Waals surface area contributed by atoms with E-state index in [0.717, 1.165) is 36.3 Å². The minimum atomic E-state index is -2.67. The van der Waals surface area contributed by atoms with E-state index in [0.29, 0.717) is 17.6 Å². The van der Waals surface area contributed by atoms with Gasteiger partial charge in [0.2, 0.25) is 0 Å². The van der Waals surface area contributed by atoms with Crippen LogP contribution in [0.5, 0.6) is 5.75 Å². The van der Waals surface area contributed by atoms with Crippen molar-refractivity contribution in [1.29, 1.82) is 0 Å². The van der Waals surface area contributed by atoms with Crippen LogP contribution in [0.3, 0.4) is 0 Å². The van der Waals surface area contributed by atoms with E-state index in [9.17, 15) is 17.9 Å². The van der Waals surface area contributed by atoms with Crippen molar-refractivity contribution in [2.75, 3.05) is 26.1 Å². The molecule has 0 heterocycles. The fourth-order valence-electron chi connectivity index (χ4n) is 4.39. The maximum Gasteiger partial charge on any atom is 0.147 e. The molecule has 1 aliphatic carbocycles. The predicted octanol–water partition coefficient (Wildman–Crippen LogP) is 8.15. The molecule has 0 aliphatic heterocycles. The molecule has 1 saturated carbocycles. The smallest absolute Gasteiger partial charge is 0.147 e. The molecule has 2 N–H and O–H groups in total. The van der Waals surface area contributed by atoms with E-state index in [4.69, 9.17) is 0 Å². The highest BCUT2D eigenvalue weighted by Crippen LogP contribution is 2.45. The minimum absolute atomic E-state index is 0.0616. The van der Waals surface area contributed by atoms with Crippen LogP contribution >= 0.6 is 0 Å². The lowest BCUT2D eigenvalue weighted by Gasteiger charge is -2.36. The average Bonchev–Trinajstić information content (AvgIpc) is 2.88. The Morgan fingerprint density at radius 1 is 0.946 bits per heavy atom. The molecule has 0 spiro atoms. The number of hydrogen-bond acceptors (Lipinski definition) is 4. The van der Waals surface area contributed by atoms with Crippen LogP contribution in [0.4, 0.5) is 4.39 Å². The van der Waals surface area contributed by atoms with Crippen LogP contribution in [-0.4, -0.2) is 39.6 Å². The molecule has 0 saturated heterocycles. The summed E-state index contributed by atoms with van der Waals surface area (Å²) in [7, 11) is 1.08. The first-order valence-electron chi connectivity index (χ1n) is 13.8. The molecule has 3 rings (SSSR count). The third-order valence-electron chi connectivity index (χ3n) is 6.21. The fourth-order valence-corrected chi connectivity index (χ4v) is 5.13. The van der Waals surface area contributed by atoms with Crippen molar-refractivity contribution >= 4 is 9.84 Å². The van der Waals surface area contributed by atoms with Crippen LogP contribution in [0.1, 0.15) is 90.2 Å². The van der Waals surface area contributed by atoms with Gasteiger partial charge in [-0.05, 0) is 75.2 Å². The van der Waals surface area contributed by atoms with Crippen molar-refractivity contribution in [3.63, 3.8) is 0 Å². The first kappa shape index (κ1) is 37.2. The van der Waals surface area contributed by atoms with Gasteiger partial charge in [-0.15, -0.1) is 0 Å². The third-order valence-corrected chi connectivity index (χ3v) is 7.36. The molecule has 3 atom stereocenters. The Hall–Kier alpha value is -1.92. The van der Waals surface area contributed by atoms with Gasteiger partial charge in [-0.1, -0.05) is 90.3 Å². The maximum absolute atomic E-state index is 13.8. The van der Waals surface area contributed by atoms with Crippen molar-refractivity contribution < 1.29 is 17.9 Å². The second-order valence-electron chi connectivity index (χ2n) is 9.29. The first-order chi connectivity index (χ1) is 17.5. The first-order valence-corrected chi connectivity index (χ1v) is 15.9. The average molecular weight is 540 g/mol. The zero-order valence-electron chi connectivity index (χ0n) is 24.9. The van der Waals surface area contributed by atoms with Crippen molar-refractivity contribution in [3.05, 3.63) is 65.5 Å². The fraction of sp³-hybridized carbons (Fsp3) is 0.613. The molecular formula is C31H54FNO3S. The summed E-state index contributed by atoms with van der Waals surface area (Å²) >= 11 is 0. The van der Waals surface area contributed by atoms with Crippen LogP contribution in [0.2, 0.25) is 0 Å². The summed E-state index contributed by atoms with van der Waals surface area (Å²) in [4.78, 5) is 0. The van der Waals surface area contributed by atoms with Gasteiger partial charge in [-0.3, -0.25) is 0 Å². The highest BCUT2D eigenvalue weighted by molar-refractivity contribution is 7.90. The second-order valence-corrected chi connectivity index (χ2v) is 11.5. The van der Waals surface area contributed by atoms with E-state index in [1.54, 1.807) is 6.07 Å². The number of sulfone groups is 1. The third kappa shape index (κ3) is 17.3. The van der Waals surface area contributed by atoms with Gasteiger partial charge < -0.3 is 10.4 Å². The Kier molecular flexibility index (Phi) is 22.2. The van der Waals surface area contributed by atoms with E-state index in [2.05, 4.69) is 19.2 Å². The monoisotopic (exact) mass is 539 g/mol. The number of phenols is 1.